The molecule has 0 fully saturated rings. The highest BCUT2D eigenvalue weighted by Crippen LogP contribution is 2.24. The quantitative estimate of drug-likeness (QED) is 0.804. The van der Waals surface area contributed by atoms with E-state index in [4.69, 9.17) is 4.74 Å². The molecule has 0 aliphatic rings. The zero-order valence-electron chi connectivity index (χ0n) is 10.3. The maximum atomic E-state index is 9.26. The van der Waals surface area contributed by atoms with Crippen molar-refractivity contribution in [3.8, 4) is 5.75 Å². The van der Waals surface area contributed by atoms with Crippen LogP contribution in [0.2, 0.25) is 0 Å². The fourth-order valence-corrected chi connectivity index (χ4v) is 1.89. The van der Waals surface area contributed by atoms with Gasteiger partial charge in [0.15, 0.2) is 0 Å². The molecule has 0 amide bonds. The Bertz CT molecular complexity index is 297. The number of methoxy groups -OCH3 is 1. The number of likely N-dealkylation sites (N-methyl/N-ethyl adjacent to an activating group) is 1. The molecule has 1 aromatic rings. The Labute approximate surface area is 97.7 Å². The summed E-state index contributed by atoms with van der Waals surface area (Å²) in [5.41, 5.74) is 1.24. The molecule has 1 rings (SSSR count). The Morgan fingerprint density at radius 1 is 1.31 bits per heavy atom. The summed E-state index contributed by atoms with van der Waals surface area (Å²) < 4.78 is 5.08. The molecule has 0 radical (unpaired) electrons. The highest BCUT2D eigenvalue weighted by Gasteiger charge is 2.14. The van der Waals surface area contributed by atoms with E-state index in [2.05, 4.69) is 18.9 Å². The van der Waals surface area contributed by atoms with Crippen molar-refractivity contribution < 1.29 is 9.84 Å². The second-order valence-corrected chi connectivity index (χ2v) is 3.99. The van der Waals surface area contributed by atoms with Crippen LogP contribution in [-0.4, -0.2) is 37.3 Å². The third-order valence-corrected chi connectivity index (χ3v) is 2.84. The Morgan fingerprint density at radius 3 is 2.44 bits per heavy atom. The minimum atomic E-state index is 0.318. The van der Waals surface area contributed by atoms with Gasteiger partial charge in [0, 0.05) is 19.7 Å². The summed E-state index contributed by atoms with van der Waals surface area (Å²) in [6.45, 7) is 3.82. The van der Waals surface area contributed by atoms with Gasteiger partial charge in [-0.15, -0.1) is 0 Å². The molecule has 0 spiro atoms. The van der Waals surface area contributed by atoms with E-state index in [0.717, 1.165) is 19.6 Å². The van der Waals surface area contributed by atoms with Crippen LogP contribution in [0.4, 0.5) is 0 Å². The molecular formula is C13H21NO2. The van der Waals surface area contributed by atoms with Crippen LogP contribution in [0.15, 0.2) is 24.3 Å². The van der Waals surface area contributed by atoms with Crippen LogP contribution < -0.4 is 0 Å². The fourth-order valence-electron chi connectivity index (χ4n) is 1.89. The van der Waals surface area contributed by atoms with E-state index >= 15 is 0 Å². The van der Waals surface area contributed by atoms with Gasteiger partial charge in [-0.3, -0.25) is 4.90 Å². The van der Waals surface area contributed by atoms with E-state index < -0.39 is 0 Å². The molecule has 0 aromatic heterocycles. The van der Waals surface area contributed by atoms with Crippen molar-refractivity contribution in [1.29, 1.82) is 0 Å². The first kappa shape index (κ1) is 13.0. The summed E-state index contributed by atoms with van der Waals surface area (Å²) in [6.07, 6.45) is 1.05. The zero-order chi connectivity index (χ0) is 12.0. The highest BCUT2D eigenvalue weighted by molar-refractivity contribution is 5.28. The molecule has 0 aliphatic carbocycles. The number of ether oxygens (including phenoxy) is 1. The molecule has 1 aromatic carbocycles. The van der Waals surface area contributed by atoms with Crippen molar-refractivity contribution in [2.24, 2.45) is 0 Å². The van der Waals surface area contributed by atoms with Crippen LogP contribution in [0.1, 0.15) is 24.9 Å². The smallest absolute Gasteiger partial charge is 0.115 e. The largest absolute Gasteiger partial charge is 0.508 e. The number of hydrogen-bond donors (Lipinski definition) is 1. The lowest BCUT2D eigenvalue weighted by Gasteiger charge is -2.27. The SMILES string of the molecule is CCC(c1ccc(O)cc1)N(C)CCOC. The maximum Gasteiger partial charge on any atom is 0.115 e. The lowest BCUT2D eigenvalue weighted by Crippen LogP contribution is -2.27. The molecule has 1 atom stereocenters. The van der Waals surface area contributed by atoms with Gasteiger partial charge in [-0.25, -0.2) is 0 Å². The summed E-state index contributed by atoms with van der Waals surface area (Å²) in [6, 6.07) is 7.82. The molecule has 0 saturated carbocycles. The number of hydrogen-bond acceptors (Lipinski definition) is 3. The molecule has 0 saturated heterocycles. The number of phenols is 1. The Kier molecular flexibility index (Phi) is 5.29. The van der Waals surface area contributed by atoms with Gasteiger partial charge in [-0.1, -0.05) is 19.1 Å². The van der Waals surface area contributed by atoms with Crippen molar-refractivity contribution in [3.63, 3.8) is 0 Å². The first-order valence-electron chi connectivity index (χ1n) is 5.67. The second kappa shape index (κ2) is 6.51. The first-order chi connectivity index (χ1) is 7.69. The van der Waals surface area contributed by atoms with Gasteiger partial charge in [0.1, 0.15) is 5.75 Å². The van der Waals surface area contributed by atoms with E-state index in [1.165, 1.54) is 5.56 Å². The van der Waals surface area contributed by atoms with E-state index in [1.54, 1.807) is 19.2 Å². The molecule has 1 N–H and O–H groups in total. The van der Waals surface area contributed by atoms with Crippen molar-refractivity contribution in [1.82, 2.24) is 4.90 Å². The fraction of sp³-hybridized carbons (Fsp3) is 0.538. The average Bonchev–Trinajstić information content (AvgIpc) is 2.30. The maximum absolute atomic E-state index is 9.26. The summed E-state index contributed by atoms with van der Waals surface area (Å²) in [7, 11) is 3.81. The van der Waals surface area contributed by atoms with Gasteiger partial charge in [0.05, 0.1) is 6.61 Å². The second-order valence-electron chi connectivity index (χ2n) is 3.99. The number of rotatable bonds is 6. The Morgan fingerprint density at radius 2 is 1.94 bits per heavy atom. The van der Waals surface area contributed by atoms with Crippen LogP contribution in [0.5, 0.6) is 5.75 Å². The first-order valence-corrected chi connectivity index (χ1v) is 5.67. The predicted molar refractivity (Wildman–Crippen MR) is 65.6 cm³/mol. The zero-order valence-corrected chi connectivity index (χ0v) is 10.3. The van der Waals surface area contributed by atoms with E-state index in [-0.39, 0.29) is 0 Å². The minimum absolute atomic E-state index is 0.318. The average molecular weight is 223 g/mol. The molecule has 90 valence electrons. The monoisotopic (exact) mass is 223 g/mol. The molecular weight excluding hydrogens is 202 g/mol. The number of phenolic OH excluding ortho intramolecular Hbond substituents is 1. The van der Waals surface area contributed by atoms with Gasteiger partial charge >= 0.3 is 0 Å². The van der Waals surface area contributed by atoms with Crippen molar-refractivity contribution in [2.45, 2.75) is 19.4 Å². The van der Waals surface area contributed by atoms with Crippen LogP contribution in [0.25, 0.3) is 0 Å². The van der Waals surface area contributed by atoms with Crippen LogP contribution >= 0.6 is 0 Å². The number of benzene rings is 1. The van der Waals surface area contributed by atoms with Crippen LogP contribution in [0.3, 0.4) is 0 Å². The Hall–Kier alpha value is -1.06. The predicted octanol–water partition coefficient (Wildman–Crippen LogP) is 2.42. The van der Waals surface area contributed by atoms with Gasteiger partial charge < -0.3 is 9.84 Å². The lowest BCUT2D eigenvalue weighted by molar-refractivity contribution is 0.137. The number of aromatic hydroxyl groups is 1. The normalized spacial score (nSPS) is 13.0. The van der Waals surface area contributed by atoms with E-state index in [1.807, 2.05) is 12.1 Å². The van der Waals surface area contributed by atoms with Crippen molar-refractivity contribution in [2.75, 3.05) is 27.3 Å². The molecule has 1 unspecified atom stereocenters. The minimum Gasteiger partial charge on any atom is -0.508 e. The number of nitrogens with zero attached hydrogens (tertiary/aromatic N) is 1. The van der Waals surface area contributed by atoms with Gasteiger partial charge in [0.25, 0.3) is 0 Å². The summed E-state index contributed by atoms with van der Waals surface area (Å²) in [5, 5.41) is 9.26. The standard InChI is InChI=1S/C13H21NO2/c1-4-13(14(2)9-10-16-3)11-5-7-12(15)8-6-11/h5-8,13,15H,4,9-10H2,1-3H3. The van der Waals surface area contributed by atoms with Crippen LogP contribution in [-0.2, 0) is 4.74 Å². The highest BCUT2D eigenvalue weighted by atomic mass is 16.5. The lowest BCUT2D eigenvalue weighted by atomic mass is 10.0. The third-order valence-electron chi connectivity index (χ3n) is 2.84. The van der Waals surface area contributed by atoms with Crippen molar-refractivity contribution in [3.05, 3.63) is 29.8 Å². The molecule has 3 heteroatoms. The molecule has 0 heterocycles. The van der Waals surface area contributed by atoms with Gasteiger partial charge in [-0.05, 0) is 31.2 Å². The van der Waals surface area contributed by atoms with E-state index in [0.29, 0.717) is 11.8 Å². The van der Waals surface area contributed by atoms with Crippen LogP contribution in [0, 0.1) is 0 Å². The topological polar surface area (TPSA) is 32.7 Å². The van der Waals surface area contributed by atoms with E-state index in [9.17, 15) is 5.11 Å². The molecule has 0 aliphatic heterocycles. The molecule has 0 bridgehead atoms. The summed E-state index contributed by atoms with van der Waals surface area (Å²) in [4.78, 5) is 2.27. The van der Waals surface area contributed by atoms with Crippen molar-refractivity contribution >= 4 is 0 Å². The molecule has 16 heavy (non-hydrogen) atoms. The van der Waals surface area contributed by atoms with Gasteiger partial charge in [0.2, 0.25) is 0 Å². The molecule has 3 nitrogen and oxygen atoms in total. The Balaban J connectivity index is 2.69. The summed E-state index contributed by atoms with van der Waals surface area (Å²) in [5.74, 6) is 0.318. The van der Waals surface area contributed by atoms with Gasteiger partial charge in [-0.2, -0.15) is 0 Å². The third kappa shape index (κ3) is 3.51. The summed E-state index contributed by atoms with van der Waals surface area (Å²) >= 11 is 0.